The number of carbonyl (C=O) groups excluding carboxylic acids is 1. The van der Waals surface area contributed by atoms with Crippen molar-refractivity contribution < 1.29 is 9.53 Å². The highest BCUT2D eigenvalue weighted by atomic mass is 127. The summed E-state index contributed by atoms with van der Waals surface area (Å²) < 4.78 is 5.18. The quantitative estimate of drug-likeness (QED) is 0.236. The van der Waals surface area contributed by atoms with Gasteiger partial charge in [0.2, 0.25) is 0 Å². The lowest BCUT2D eigenvalue weighted by molar-refractivity contribution is 0.0529. The molecule has 1 aromatic rings. The number of ether oxygens (including phenoxy) is 1. The molecule has 0 fully saturated rings. The zero-order valence-corrected chi connectivity index (χ0v) is 20.6. The number of nitrogens with zero attached hydrogens (tertiary/aromatic N) is 2. The first-order valence-corrected chi connectivity index (χ1v) is 9.75. The predicted octanol–water partition coefficient (Wildman–Crippen LogP) is 3.29. The molecular formula is C18H34IN5O2S. The Morgan fingerprint density at radius 2 is 1.70 bits per heavy atom. The molecule has 1 amide bonds. The van der Waals surface area contributed by atoms with E-state index in [1.807, 2.05) is 20.8 Å². The molecule has 0 aromatic carbocycles. The Balaban J connectivity index is 0.00000676. The van der Waals surface area contributed by atoms with Crippen LogP contribution in [0, 0.1) is 0 Å². The number of thiazole rings is 1. The van der Waals surface area contributed by atoms with Gasteiger partial charge in [0.05, 0.1) is 10.7 Å². The van der Waals surface area contributed by atoms with E-state index in [-0.39, 0.29) is 29.4 Å². The van der Waals surface area contributed by atoms with Gasteiger partial charge in [-0.25, -0.2) is 9.78 Å². The number of hydrogen-bond acceptors (Lipinski definition) is 5. The van der Waals surface area contributed by atoms with Gasteiger partial charge in [-0.3, -0.25) is 4.99 Å². The van der Waals surface area contributed by atoms with Crippen molar-refractivity contribution in [1.82, 2.24) is 20.9 Å². The third kappa shape index (κ3) is 11.4. The van der Waals surface area contributed by atoms with Crippen LogP contribution in [0.2, 0.25) is 0 Å². The molecule has 1 rings (SSSR count). The van der Waals surface area contributed by atoms with Crippen LogP contribution in [0.3, 0.4) is 0 Å². The van der Waals surface area contributed by atoms with E-state index in [0.717, 1.165) is 23.7 Å². The summed E-state index contributed by atoms with van der Waals surface area (Å²) in [5.74, 6) is 0.698. The molecular weight excluding hydrogens is 477 g/mol. The topological polar surface area (TPSA) is 87.6 Å². The molecule has 3 N–H and O–H groups in total. The maximum Gasteiger partial charge on any atom is 0.407 e. The van der Waals surface area contributed by atoms with Crippen molar-refractivity contribution in [2.24, 2.45) is 4.99 Å². The average molecular weight is 511 g/mol. The normalized spacial score (nSPS) is 12.2. The molecule has 0 unspecified atom stereocenters. The van der Waals surface area contributed by atoms with E-state index in [0.29, 0.717) is 19.0 Å². The molecule has 1 heterocycles. The lowest BCUT2D eigenvalue weighted by Crippen LogP contribution is -2.43. The third-order valence-electron chi connectivity index (χ3n) is 3.26. The molecule has 27 heavy (non-hydrogen) atoms. The lowest BCUT2D eigenvalue weighted by atomic mass is 9.93. The number of guanidine groups is 1. The largest absolute Gasteiger partial charge is 0.444 e. The van der Waals surface area contributed by atoms with E-state index in [1.54, 1.807) is 18.4 Å². The molecule has 0 aliphatic carbocycles. The molecule has 9 heteroatoms. The van der Waals surface area contributed by atoms with Gasteiger partial charge in [-0.15, -0.1) is 35.3 Å². The molecule has 0 saturated carbocycles. The van der Waals surface area contributed by atoms with Gasteiger partial charge in [-0.1, -0.05) is 20.8 Å². The summed E-state index contributed by atoms with van der Waals surface area (Å²) in [7, 11) is 1.72. The molecule has 0 aliphatic rings. The lowest BCUT2D eigenvalue weighted by Gasteiger charge is -2.19. The van der Waals surface area contributed by atoms with Gasteiger partial charge in [0, 0.05) is 43.9 Å². The van der Waals surface area contributed by atoms with Gasteiger partial charge < -0.3 is 20.7 Å². The molecule has 0 saturated heterocycles. The molecule has 0 radical (unpaired) electrons. The SMILES string of the molecule is CN=C(NCCNC(=O)OC(C)(C)C)NCCc1nc(C(C)(C)C)cs1.I. The predicted molar refractivity (Wildman–Crippen MR) is 124 cm³/mol. The number of hydrogen-bond donors (Lipinski definition) is 3. The van der Waals surface area contributed by atoms with E-state index in [9.17, 15) is 4.79 Å². The molecule has 1 aromatic heterocycles. The number of alkyl carbamates (subject to hydrolysis) is 1. The van der Waals surface area contributed by atoms with Crippen LogP contribution in [0.1, 0.15) is 52.2 Å². The summed E-state index contributed by atoms with van der Waals surface area (Å²) in [4.78, 5) is 20.4. The summed E-state index contributed by atoms with van der Waals surface area (Å²) in [5.41, 5.74) is 0.729. The Morgan fingerprint density at radius 1 is 1.11 bits per heavy atom. The highest BCUT2D eigenvalue weighted by molar-refractivity contribution is 14.0. The van der Waals surface area contributed by atoms with Crippen molar-refractivity contribution in [2.45, 2.75) is 59.0 Å². The summed E-state index contributed by atoms with van der Waals surface area (Å²) >= 11 is 1.69. The number of aliphatic imine (C=N–C) groups is 1. The van der Waals surface area contributed by atoms with Crippen molar-refractivity contribution in [1.29, 1.82) is 0 Å². The fourth-order valence-corrected chi connectivity index (χ4v) is 2.96. The van der Waals surface area contributed by atoms with Crippen LogP contribution in [0.25, 0.3) is 0 Å². The van der Waals surface area contributed by atoms with Crippen LogP contribution in [-0.4, -0.2) is 49.3 Å². The van der Waals surface area contributed by atoms with E-state index in [2.05, 4.69) is 52.1 Å². The summed E-state index contributed by atoms with van der Waals surface area (Å²) in [6.45, 7) is 13.8. The molecule has 156 valence electrons. The van der Waals surface area contributed by atoms with Crippen LogP contribution in [0.4, 0.5) is 4.79 Å². The summed E-state index contributed by atoms with van der Waals surface area (Å²) in [6.07, 6.45) is 0.429. The highest BCUT2D eigenvalue weighted by Gasteiger charge is 2.17. The van der Waals surface area contributed by atoms with Gasteiger partial charge in [-0.2, -0.15) is 0 Å². The molecule has 0 spiro atoms. The number of rotatable bonds is 6. The number of amides is 1. The Labute approximate surface area is 184 Å². The Hall–Kier alpha value is -1.10. The Bertz CT molecular complexity index is 606. The van der Waals surface area contributed by atoms with Crippen LogP contribution >= 0.6 is 35.3 Å². The minimum Gasteiger partial charge on any atom is -0.444 e. The van der Waals surface area contributed by atoms with Crippen LogP contribution < -0.4 is 16.0 Å². The van der Waals surface area contributed by atoms with E-state index >= 15 is 0 Å². The van der Waals surface area contributed by atoms with Gasteiger partial charge >= 0.3 is 6.09 Å². The maximum absolute atomic E-state index is 11.6. The fraction of sp³-hybridized carbons (Fsp3) is 0.722. The summed E-state index contributed by atoms with van der Waals surface area (Å²) in [6, 6.07) is 0. The average Bonchev–Trinajstić information content (AvgIpc) is 2.97. The molecule has 0 aliphatic heterocycles. The van der Waals surface area contributed by atoms with Crippen molar-refractivity contribution >= 4 is 47.4 Å². The van der Waals surface area contributed by atoms with E-state index < -0.39 is 11.7 Å². The smallest absolute Gasteiger partial charge is 0.407 e. The Morgan fingerprint density at radius 3 is 2.22 bits per heavy atom. The number of aromatic nitrogens is 1. The number of halogens is 1. The zero-order chi connectivity index (χ0) is 19.8. The van der Waals surface area contributed by atoms with Gasteiger partial charge in [-0.05, 0) is 20.8 Å². The first kappa shape index (κ1) is 25.9. The summed E-state index contributed by atoms with van der Waals surface area (Å²) in [5, 5.41) is 12.4. The number of carbonyl (C=O) groups is 1. The first-order valence-electron chi connectivity index (χ1n) is 8.87. The highest BCUT2D eigenvalue weighted by Crippen LogP contribution is 2.23. The minimum atomic E-state index is -0.488. The standard InChI is InChI=1S/C18H33N5O2S.HI/c1-17(2,3)13-12-26-14(23-13)8-9-20-15(19-7)21-10-11-22-16(24)25-18(4,5)6;/h12H,8-11H2,1-7H3,(H,22,24)(H2,19,20,21);1H. The second kappa shape index (κ2) is 11.7. The maximum atomic E-state index is 11.6. The van der Waals surface area contributed by atoms with Crippen LogP contribution in [0.15, 0.2) is 10.4 Å². The van der Waals surface area contributed by atoms with E-state index in [1.165, 1.54) is 0 Å². The third-order valence-corrected chi connectivity index (χ3v) is 4.17. The fourth-order valence-electron chi connectivity index (χ4n) is 1.94. The van der Waals surface area contributed by atoms with Crippen molar-refractivity contribution in [3.8, 4) is 0 Å². The van der Waals surface area contributed by atoms with Gasteiger partial charge in [0.15, 0.2) is 5.96 Å². The zero-order valence-electron chi connectivity index (χ0n) is 17.4. The van der Waals surface area contributed by atoms with Crippen molar-refractivity contribution in [2.75, 3.05) is 26.7 Å². The minimum absolute atomic E-state index is 0. The van der Waals surface area contributed by atoms with Crippen molar-refractivity contribution in [3.05, 3.63) is 16.1 Å². The molecule has 7 nitrogen and oxygen atoms in total. The van der Waals surface area contributed by atoms with E-state index in [4.69, 9.17) is 4.74 Å². The molecule has 0 bridgehead atoms. The monoisotopic (exact) mass is 511 g/mol. The van der Waals surface area contributed by atoms with Gasteiger partial charge in [0.1, 0.15) is 5.60 Å². The second-order valence-corrected chi connectivity index (χ2v) is 8.92. The van der Waals surface area contributed by atoms with Gasteiger partial charge in [0.25, 0.3) is 0 Å². The number of nitrogens with one attached hydrogen (secondary N) is 3. The second-order valence-electron chi connectivity index (χ2n) is 7.98. The molecule has 0 atom stereocenters. The first-order chi connectivity index (χ1) is 12.0. The Kier molecular flexibility index (Phi) is 11.2. The van der Waals surface area contributed by atoms with Crippen LogP contribution in [0.5, 0.6) is 0 Å². The van der Waals surface area contributed by atoms with Crippen LogP contribution in [-0.2, 0) is 16.6 Å². The van der Waals surface area contributed by atoms with Crippen molar-refractivity contribution in [3.63, 3.8) is 0 Å².